The molecule has 0 saturated carbocycles. The van der Waals surface area contributed by atoms with E-state index in [9.17, 15) is 5.11 Å². The number of hydrogen-bond donors (Lipinski definition) is 0. The summed E-state index contributed by atoms with van der Waals surface area (Å²) in [5, 5.41) is 13.3. The van der Waals surface area contributed by atoms with Crippen molar-refractivity contribution in [2.45, 2.75) is 290 Å². The molecule has 2 unspecified atom stereocenters. The van der Waals surface area contributed by atoms with E-state index in [0.29, 0.717) is 5.92 Å². The van der Waals surface area contributed by atoms with Crippen LogP contribution in [0.1, 0.15) is 284 Å². The lowest BCUT2D eigenvalue weighted by molar-refractivity contribution is 0.0189. The van der Waals surface area contributed by atoms with Crippen LogP contribution < -0.4 is 0 Å². The molecule has 0 N–H and O–H groups in total. The molecule has 0 saturated heterocycles. The van der Waals surface area contributed by atoms with Crippen molar-refractivity contribution in [2.24, 2.45) is 5.92 Å². The molecule has 0 aromatic heterocycles. The van der Waals surface area contributed by atoms with E-state index in [0.717, 1.165) is 6.42 Å². The Hall–Kier alpha value is -0.300. The summed E-state index contributed by atoms with van der Waals surface area (Å²) in [4.78, 5) is 0. The summed E-state index contributed by atoms with van der Waals surface area (Å²) in [6.07, 6.45) is 60.5. The van der Waals surface area contributed by atoms with Crippen LogP contribution >= 0.6 is 0 Å². The number of allylic oxidation sites excluding steroid dienone is 2. The van der Waals surface area contributed by atoms with Crippen molar-refractivity contribution >= 4 is 0 Å². The second-order valence-electron chi connectivity index (χ2n) is 16.4. The SMILES string of the molecule is CCCCCCCC/C=C\CCCCCCCCCCCCCC([O])C(CCCCCCCC)CCCCCCCCCCCCCCC. The average molecular weight is 688 g/mol. The molecular weight excluding hydrogens is 593 g/mol. The first-order valence-electron chi connectivity index (χ1n) is 23.6. The smallest absolute Gasteiger partial charge is 0.0958 e. The molecule has 0 aliphatic rings. The quantitative estimate of drug-likeness (QED) is 0.0449. The topological polar surface area (TPSA) is 19.9 Å². The van der Waals surface area contributed by atoms with Gasteiger partial charge in [0.25, 0.3) is 0 Å². The summed E-state index contributed by atoms with van der Waals surface area (Å²) in [5.74, 6) is 0.444. The fourth-order valence-corrected chi connectivity index (χ4v) is 7.84. The van der Waals surface area contributed by atoms with Crippen LogP contribution in [0.25, 0.3) is 0 Å². The molecule has 0 aliphatic heterocycles. The molecule has 0 aromatic rings. The zero-order valence-electron chi connectivity index (χ0n) is 34.7. The highest BCUT2D eigenvalue weighted by Crippen LogP contribution is 2.26. The van der Waals surface area contributed by atoms with Crippen molar-refractivity contribution in [3.8, 4) is 0 Å². The number of hydrogen-bond acceptors (Lipinski definition) is 0. The van der Waals surface area contributed by atoms with Gasteiger partial charge in [-0.05, 0) is 50.9 Å². The monoisotopic (exact) mass is 688 g/mol. The third-order valence-electron chi connectivity index (χ3n) is 11.4. The molecule has 49 heavy (non-hydrogen) atoms. The molecule has 0 bridgehead atoms. The minimum atomic E-state index is -0.302. The Morgan fingerprint density at radius 2 is 0.510 bits per heavy atom. The maximum atomic E-state index is 13.3. The second-order valence-corrected chi connectivity index (χ2v) is 16.4. The predicted molar refractivity (Wildman–Crippen MR) is 223 cm³/mol. The van der Waals surface area contributed by atoms with E-state index in [4.69, 9.17) is 0 Å². The summed E-state index contributed by atoms with van der Waals surface area (Å²) in [7, 11) is 0. The first kappa shape index (κ1) is 48.7. The van der Waals surface area contributed by atoms with Crippen LogP contribution in [0.15, 0.2) is 12.2 Å². The summed E-state index contributed by atoms with van der Waals surface area (Å²) < 4.78 is 0. The molecule has 0 fully saturated rings. The van der Waals surface area contributed by atoms with Gasteiger partial charge in [-0.1, -0.05) is 251 Å². The molecule has 1 radical (unpaired) electrons. The van der Waals surface area contributed by atoms with Crippen molar-refractivity contribution in [1.29, 1.82) is 0 Å². The van der Waals surface area contributed by atoms with Crippen LogP contribution in [0.4, 0.5) is 0 Å². The van der Waals surface area contributed by atoms with Gasteiger partial charge in [0.05, 0.1) is 6.10 Å². The first-order valence-corrected chi connectivity index (χ1v) is 23.6. The minimum absolute atomic E-state index is 0.302. The Balaban J connectivity index is 3.81. The molecule has 0 aliphatic carbocycles. The third kappa shape index (κ3) is 40.3. The van der Waals surface area contributed by atoms with Crippen molar-refractivity contribution in [1.82, 2.24) is 0 Å². The van der Waals surface area contributed by atoms with Gasteiger partial charge in [0.2, 0.25) is 0 Å². The Bertz CT molecular complexity index is 596. The average Bonchev–Trinajstić information content (AvgIpc) is 3.11. The van der Waals surface area contributed by atoms with Gasteiger partial charge in [0.15, 0.2) is 0 Å². The molecule has 0 spiro atoms. The first-order chi connectivity index (χ1) is 24.3. The summed E-state index contributed by atoms with van der Waals surface area (Å²) in [6.45, 7) is 6.90. The molecule has 0 rings (SSSR count). The van der Waals surface area contributed by atoms with Crippen molar-refractivity contribution in [3.63, 3.8) is 0 Å². The van der Waals surface area contributed by atoms with Crippen LogP contribution in [-0.2, 0) is 5.11 Å². The highest BCUT2D eigenvalue weighted by Gasteiger charge is 2.20. The van der Waals surface area contributed by atoms with Crippen LogP contribution in [0, 0.1) is 5.92 Å². The summed E-state index contributed by atoms with van der Waals surface area (Å²) >= 11 is 0. The highest BCUT2D eigenvalue weighted by atomic mass is 16.3. The highest BCUT2D eigenvalue weighted by molar-refractivity contribution is 4.81. The van der Waals surface area contributed by atoms with Gasteiger partial charge in [-0.2, -0.15) is 0 Å². The maximum absolute atomic E-state index is 13.3. The normalized spacial score (nSPS) is 13.1. The lowest BCUT2D eigenvalue weighted by atomic mass is 9.87. The number of rotatable bonds is 43. The van der Waals surface area contributed by atoms with E-state index in [1.807, 2.05) is 0 Å². The Kier molecular flexibility index (Phi) is 43.6. The minimum Gasteiger partial charge on any atom is -0.233 e. The third-order valence-corrected chi connectivity index (χ3v) is 11.4. The van der Waals surface area contributed by atoms with Crippen molar-refractivity contribution in [2.75, 3.05) is 0 Å². The standard InChI is InChI=1S/C48H95O/c1-4-7-10-13-16-18-20-22-23-24-25-26-27-28-29-31-33-35-37-40-43-46-48(49)47(44-41-38-15-12-9-6-3)45-42-39-36-34-32-30-21-19-17-14-11-8-5-2/h22-23,47-48H,4-21,24-46H2,1-3H3/b23-22-. The second kappa shape index (κ2) is 43.9. The Morgan fingerprint density at radius 3 is 0.796 bits per heavy atom. The van der Waals surface area contributed by atoms with E-state index in [-0.39, 0.29) is 6.10 Å². The Labute approximate surface area is 312 Å². The van der Waals surface area contributed by atoms with Gasteiger partial charge in [-0.15, -0.1) is 0 Å². The number of unbranched alkanes of at least 4 members (excludes halogenated alkanes) is 34. The predicted octanol–water partition coefficient (Wildman–Crippen LogP) is 18.0. The molecule has 0 aromatic carbocycles. The van der Waals surface area contributed by atoms with Gasteiger partial charge < -0.3 is 0 Å². The van der Waals surface area contributed by atoms with Gasteiger partial charge in [0.1, 0.15) is 0 Å². The fourth-order valence-electron chi connectivity index (χ4n) is 7.84. The molecular formula is C48H95O. The molecule has 1 nitrogen and oxygen atoms in total. The molecule has 0 heterocycles. The lowest BCUT2D eigenvalue weighted by Crippen LogP contribution is -2.19. The van der Waals surface area contributed by atoms with E-state index in [1.54, 1.807) is 0 Å². The van der Waals surface area contributed by atoms with E-state index in [1.165, 1.54) is 257 Å². The van der Waals surface area contributed by atoms with Crippen molar-refractivity contribution in [3.05, 3.63) is 12.2 Å². The summed E-state index contributed by atoms with van der Waals surface area (Å²) in [6, 6.07) is 0. The van der Waals surface area contributed by atoms with Crippen LogP contribution in [-0.4, -0.2) is 6.10 Å². The lowest BCUT2D eigenvalue weighted by Gasteiger charge is -2.21. The van der Waals surface area contributed by atoms with Gasteiger partial charge in [-0.25, -0.2) is 5.11 Å². The maximum Gasteiger partial charge on any atom is 0.0958 e. The van der Waals surface area contributed by atoms with E-state index < -0.39 is 0 Å². The molecule has 2 atom stereocenters. The Morgan fingerprint density at radius 1 is 0.286 bits per heavy atom. The van der Waals surface area contributed by atoms with E-state index >= 15 is 0 Å². The van der Waals surface area contributed by atoms with Crippen LogP contribution in [0.2, 0.25) is 0 Å². The summed E-state index contributed by atoms with van der Waals surface area (Å²) in [5.41, 5.74) is 0. The largest absolute Gasteiger partial charge is 0.233 e. The van der Waals surface area contributed by atoms with Crippen molar-refractivity contribution < 1.29 is 5.11 Å². The van der Waals surface area contributed by atoms with Gasteiger partial charge >= 0.3 is 0 Å². The zero-order chi connectivity index (χ0) is 35.6. The molecule has 0 amide bonds. The fraction of sp³-hybridized carbons (Fsp3) is 0.958. The van der Waals surface area contributed by atoms with E-state index in [2.05, 4.69) is 32.9 Å². The molecule has 1 heteroatoms. The van der Waals surface area contributed by atoms with Gasteiger partial charge in [-0.3, -0.25) is 0 Å². The molecule has 293 valence electrons. The van der Waals surface area contributed by atoms with Crippen LogP contribution in [0.3, 0.4) is 0 Å². The van der Waals surface area contributed by atoms with Gasteiger partial charge in [0, 0.05) is 0 Å². The van der Waals surface area contributed by atoms with Crippen LogP contribution in [0.5, 0.6) is 0 Å². The zero-order valence-corrected chi connectivity index (χ0v) is 34.7.